The molecule has 2 heteroatoms. The molecule has 0 aromatic carbocycles. The Hall–Kier alpha value is -0.140. The number of halogens is 2. The third-order valence-corrected chi connectivity index (χ3v) is 1.91. The summed E-state index contributed by atoms with van der Waals surface area (Å²) in [6.45, 7) is 5.25. The largest absolute Gasteiger partial charge is 0.247 e. The van der Waals surface area contributed by atoms with E-state index in [2.05, 4.69) is 6.92 Å². The number of unbranched alkanes of at least 4 members (excludes halogenated alkanes) is 1. The molecule has 0 nitrogen and oxygen atoms in total. The molecule has 0 aliphatic heterocycles. The van der Waals surface area contributed by atoms with Gasteiger partial charge in [0.05, 0.1) is 0 Å². The highest BCUT2D eigenvalue weighted by atomic mass is 19.1. The van der Waals surface area contributed by atoms with Gasteiger partial charge in [-0.1, -0.05) is 19.8 Å². The van der Waals surface area contributed by atoms with Gasteiger partial charge >= 0.3 is 0 Å². The average Bonchev–Trinajstić information content (AvgIpc) is 2.00. The Morgan fingerprint density at radius 1 is 1.08 bits per heavy atom. The third-order valence-electron chi connectivity index (χ3n) is 1.91. The van der Waals surface area contributed by atoms with E-state index >= 15 is 0 Å². The number of hydrogen-bond donors (Lipinski definition) is 0. The summed E-state index contributed by atoms with van der Waals surface area (Å²) in [6, 6.07) is 0. The van der Waals surface area contributed by atoms with Crippen LogP contribution in [0, 0.1) is 6.92 Å². The van der Waals surface area contributed by atoms with Crippen LogP contribution in [-0.4, -0.2) is 12.3 Å². The first-order valence-electron chi connectivity index (χ1n) is 4.78. The fourth-order valence-corrected chi connectivity index (χ4v) is 1.13. The molecular weight excluding hydrogens is 158 g/mol. The highest BCUT2D eigenvalue weighted by molar-refractivity contribution is 4.61. The van der Waals surface area contributed by atoms with Crippen molar-refractivity contribution < 1.29 is 8.78 Å². The first-order chi connectivity index (χ1) is 5.66. The minimum atomic E-state index is -1.02. The van der Waals surface area contributed by atoms with Gasteiger partial charge in [0.25, 0.3) is 0 Å². The lowest BCUT2D eigenvalue weighted by atomic mass is 10.1. The van der Waals surface area contributed by atoms with E-state index in [9.17, 15) is 8.78 Å². The molecular formula is C10H19F2. The van der Waals surface area contributed by atoms with Crippen LogP contribution in [0.5, 0.6) is 0 Å². The summed E-state index contributed by atoms with van der Waals surface area (Å²) in [6.07, 6.45) is 2.35. The van der Waals surface area contributed by atoms with Gasteiger partial charge in [-0.05, 0) is 32.6 Å². The van der Waals surface area contributed by atoms with Crippen molar-refractivity contribution in [2.45, 2.75) is 57.8 Å². The molecule has 0 saturated carbocycles. The van der Waals surface area contributed by atoms with Crippen LogP contribution < -0.4 is 0 Å². The molecule has 0 N–H and O–H groups in total. The van der Waals surface area contributed by atoms with Crippen molar-refractivity contribution in [2.24, 2.45) is 0 Å². The minimum Gasteiger partial charge on any atom is -0.247 e. The number of rotatable bonds is 7. The molecule has 1 radical (unpaired) electrons. The van der Waals surface area contributed by atoms with Gasteiger partial charge in [0.2, 0.25) is 0 Å². The Morgan fingerprint density at radius 2 is 1.67 bits per heavy atom. The molecule has 0 amide bonds. The zero-order valence-electron chi connectivity index (χ0n) is 7.86. The molecule has 0 aromatic rings. The van der Waals surface area contributed by atoms with E-state index in [1.165, 1.54) is 0 Å². The number of alkyl halides is 2. The van der Waals surface area contributed by atoms with E-state index in [-0.39, 0.29) is 0 Å². The van der Waals surface area contributed by atoms with Crippen molar-refractivity contribution in [3.8, 4) is 0 Å². The molecule has 0 heterocycles. The van der Waals surface area contributed by atoms with E-state index in [0.29, 0.717) is 25.7 Å². The Bertz CT molecular complexity index is 91.8. The van der Waals surface area contributed by atoms with Crippen molar-refractivity contribution in [1.29, 1.82) is 0 Å². The Labute approximate surface area is 74.4 Å². The molecule has 0 rings (SSSR count). The number of hydrogen-bond acceptors (Lipinski definition) is 0. The quantitative estimate of drug-likeness (QED) is 0.554. The van der Waals surface area contributed by atoms with Gasteiger partial charge in [0.1, 0.15) is 12.3 Å². The van der Waals surface area contributed by atoms with Crippen LogP contribution in [-0.2, 0) is 0 Å². The summed E-state index contributed by atoms with van der Waals surface area (Å²) in [4.78, 5) is 0. The minimum absolute atomic E-state index is 0.395. The fraction of sp³-hybridized carbons (Fsp3) is 0.900. The normalized spacial score (nSPS) is 16.0. The topological polar surface area (TPSA) is 0 Å². The predicted molar refractivity (Wildman–Crippen MR) is 48.5 cm³/mol. The van der Waals surface area contributed by atoms with Crippen LogP contribution in [0.4, 0.5) is 8.78 Å². The highest BCUT2D eigenvalue weighted by Gasteiger charge is 2.06. The second-order valence-corrected chi connectivity index (χ2v) is 3.27. The average molecular weight is 177 g/mol. The van der Waals surface area contributed by atoms with E-state index in [1.807, 2.05) is 6.92 Å². The van der Waals surface area contributed by atoms with Crippen molar-refractivity contribution >= 4 is 0 Å². The van der Waals surface area contributed by atoms with Crippen molar-refractivity contribution in [3.05, 3.63) is 6.92 Å². The molecule has 0 aliphatic rings. The van der Waals surface area contributed by atoms with E-state index in [0.717, 1.165) is 12.8 Å². The summed E-state index contributed by atoms with van der Waals surface area (Å²) in [5.41, 5.74) is 0. The van der Waals surface area contributed by atoms with Gasteiger partial charge in [-0.15, -0.1) is 0 Å². The van der Waals surface area contributed by atoms with Gasteiger partial charge in [-0.3, -0.25) is 0 Å². The van der Waals surface area contributed by atoms with Gasteiger partial charge < -0.3 is 0 Å². The fourth-order valence-electron chi connectivity index (χ4n) is 1.13. The molecule has 0 fully saturated rings. The van der Waals surface area contributed by atoms with E-state index in [1.54, 1.807) is 0 Å². The summed E-state index contributed by atoms with van der Waals surface area (Å²) in [5, 5.41) is 0. The van der Waals surface area contributed by atoms with Crippen molar-refractivity contribution in [3.63, 3.8) is 0 Å². The second-order valence-electron chi connectivity index (χ2n) is 3.27. The van der Waals surface area contributed by atoms with Crippen molar-refractivity contribution in [2.75, 3.05) is 0 Å². The van der Waals surface area contributed by atoms with Gasteiger partial charge in [0.15, 0.2) is 0 Å². The summed E-state index contributed by atoms with van der Waals surface area (Å²) in [5.74, 6) is 0. The molecule has 73 valence electrons. The Kier molecular flexibility index (Phi) is 7.42. The Balaban J connectivity index is 3.13. The summed E-state index contributed by atoms with van der Waals surface area (Å²) < 4.78 is 25.1. The van der Waals surface area contributed by atoms with Crippen LogP contribution in [0.15, 0.2) is 0 Å². The molecule has 0 spiro atoms. The maximum atomic E-state index is 12.9. The predicted octanol–water partition coefficient (Wildman–Crippen LogP) is 3.86. The van der Waals surface area contributed by atoms with Crippen LogP contribution in [0.25, 0.3) is 0 Å². The molecule has 0 aliphatic carbocycles. The van der Waals surface area contributed by atoms with Crippen molar-refractivity contribution in [1.82, 2.24) is 0 Å². The molecule has 12 heavy (non-hydrogen) atoms. The molecule has 2 unspecified atom stereocenters. The Morgan fingerprint density at radius 3 is 2.17 bits per heavy atom. The van der Waals surface area contributed by atoms with Crippen LogP contribution in [0.1, 0.15) is 45.4 Å². The van der Waals surface area contributed by atoms with Gasteiger partial charge in [-0.2, -0.15) is 0 Å². The van der Waals surface area contributed by atoms with Crippen LogP contribution in [0.3, 0.4) is 0 Å². The standard InChI is InChI=1S/C10H19F2/c1-3-4-7-10(12)8-5-6-9(2)11/h9-10H,2-8H2,1H3. The zero-order valence-corrected chi connectivity index (χ0v) is 7.86. The van der Waals surface area contributed by atoms with E-state index < -0.39 is 12.3 Å². The SMILES string of the molecule is [CH2]C(F)CCCC(F)CCCC. The first kappa shape index (κ1) is 11.9. The molecule has 0 saturated heterocycles. The third kappa shape index (κ3) is 7.96. The second kappa shape index (κ2) is 7.51. The lowest BCUT2D eigenvalue weighted by molar-refractivity contribution is 0.269. The highest BCUT2D eigenvalue weighted by Crippen LogP contribution is 2.13. The van der Waals surface area contributed by atoms with Gasteiger partial charge in [-0.25, -0.2) is 8.78 Å². The lowest BCUT2D eigenvalue weighted by Crippen LogP contribution is -2.01. The summed E-state index contributed by atoms with van der Waals surface area (Å²) in [7, 11) is 0. The molecule has 0 aromatic heterocycles. The maximum absolute atomic E-state index is 12.9. The lowest BCUT2D eigenvalue weighted by Gasteiger charge is -2.06. The van der Waals surface area contributed by atoms with Crippen LogP contribution >= 0.6 is 0 Å². The first-order valence-corrected chi connectivity index (χ1v) is 4.78. The molecule has 2 atom stereocenters. The maximum Gasteiger partial charge on any atom is 0.100 e. The smallest absolute Gasteiger partial charge is 0.100 e. The monoisotopic (exact) mass is 177 g/mol. The molecule has 0 bridgehead atoms. The van der Waals surface area contributed by atoms with E-state index in [4.69, 9.17) is 0 Å². The zero-order chi connectivity index (χ0) is 9.40. The summed E-state index contributed by atoms with van der Waals surface area (Å²) >= 11 is 0. The van der Waals surface area contributed by atoms with Gasteiger partial charge in [0, 0.05) is 0 Å². The van der Waals surface area contributed by atoms with Crippen LogP contribution in [0.2, 0.25) is 0 Å².